The second-order valence-corrected chi connectivity index (χ2v) is 40.3. The van der Waals surface area contributed by atoms with E-state index >= 15 is 0 Å². The van der Waals surface area contributed by atoms with Gasteiger partial charge in [0.2, 0.25) is 0 Å². The van der Waals surface area contributed by atoms with Crippen molar-refractivity contribution in [2.45, 2.75) is 181 Å². The Bertz CT molecular complexity index is 6610. The molecule has 2 aliphatic heterocycles. The van der Waals surface area contributed by atoms with Crippen LogP contribution in [0.4, 0.5) is 34.1 Å². The van der Waals surface area contributed by atoms with Crippen molar-refractivity contribution in [1.82, 2.24) is 9.13 Å². The molecule has 117 heavy (non-hydrogen) atoms. The molecule has 2 aliphatic carbocycles. The summed E-state index contributed by atoms with van der Waals surface area (Å²) in [7, 11) is 0. The van der Waals surface area contributed by atoms with Crippen molar-refractivity contribution in [2.75, 3.05) is 9.80 Å². The molecule has 14 aromatic carbocycles. The predicted molar refractivity (Wildman–Crippen MR) is 503 cm³/mol. The lowest BCUT2D eigenvalue weighted by Gasteiger charge is -2.45. The SMILES string of the molecule is CC(C)(C)c1cc(-c2ccc3c(c2)B2c4ccc(-n5c6ccccc6c6cc(C(C)(C)C)ccc65)cc4N(c4ccc(-c5ccc6c(c5)C(C)(C)CCC6(C)C)cc4)c4cc(-n5c6ccc(-c7ccccc7)cc6c6cc(-c7ccccc7)ccc65)cc(c42)N3c2ccc(-c3ccc4c(c3)C(C)(C)CCC4(C)C)cc2)cc(C(C)(C)C)c1. The van der Waals surface area contributed by atoms with Crippen molar-refractivity contribution in [1.29, 1.82) is 0 Å². The second kappa shape index (κ2) is 26.4. The molecule has 0 atom stereocenters. The molecule has 0 amide bonds. The molecule has 4 heterocycles. The highest BCUT2D eigenvalue weighted by Crippen LogP contribution is 2.53. The fourth-order valence-electron chi connectivity index (χ4n) is 20.4. The maximum Gasteiger partial charge on any atom is 0.252 e. The Labute approximate surface area is 693 Å². The first-order valence-electron chi connectivity index (χ1n) is 42.8. The topological polar surface area (TPSA) is 16.3 Å². The van der Waals surface area contributed by atoms with Gasteiger partial charge in [-0.15, -0.1) is 0 Å². The molecule has 0 saturated heterocycles. The van der Waals surface area contributed by atoms with Crippen LogP contribution in [0, 0.1) is 0 Å². The molecule has 578 valence electrons. The van der Waals surface area contributed by atoms with E-state index < -0.39 is 0 Å². The zero-order valence-electron chi connectivity index (χ0n) is 71.4. The third-order valence-corrected chi connectivity index (χ3v) is 27.7. The number of benzene rings is 14. The largest absolute Gasteiger partial charge is 0.311 e. The van der Waals surface area contributed by atoms with E-state index in [0.717, 1.165) is 69.4 Å². The van der Waals surface area contributed by atoms with Crippen LogP contribution in [-0.2, 0) is 37.9 Å². The molecule has 4 nitrogen and oxygen atoms in total. The van der Waals surface area contributed by atoms with Gasteiger partial charge in [0.05, 0.1) is 27.8 Å². The lowest BCUT2D eigenvalue weighted by atomic mass is 9.33. The Morgan fingerprint density at radius 3 is 1.12 bits per heavy atom. The Kier molecular flexibility index (Phi) is 16.8. The molecule has 0 bridgehead atoms. The monoisotopic (exact) mass is 1520 g/mol. The fourth-order valence-corrected chi connectivity index (χ4v) is 20.4. The number of anilines is 6. The minimum atomic E-state index is -0.222. The number of hydrogen-bond donors (Lipinski definition) is 0. The second-order valence-electron chi connectivity index (χ2n) is 40.3. The molecule has 0 N–H and O–H groups in total. The molecule has 0 fully saturated rings. The van der Waals surface area contributed by atoms with Gasteiger partial charge in [-0.3, -0.25) is 0 Å². The lowest BCUT2D eigenvalue weighted by Crippen LogP contribution is -2.61. The number of rotatable bonds is 9. The first kappa shape index (κ1) is 74.2. The van der Waals surface area contributed by atoms with Crippen LogP contribution in [0.3, 0.4) is 0 Å². The van der Waals surface area contributed by atoms with E-state index in [1.54, 1.807) is 0 Å². The van der Waals surface area contributed by atoms with Crippen molar-refractivity contribution in [3.05, 3.63) is 330 Å². The van der Waals surface area contributed by atoms with Crippen molar-refractivity contribution in [3.8, 4) is 67.0 Å². The Morgan fingerprint density at radius 1 is 0.239 bits per heavy atom. The average Bonchev–Trinajstić information content (AvgIpc) is 1.52. The summed E-state index contributed by atoms with van der Waals surface area (Å²) in [6.07, 6.45) is 4.67. The van der Waals surface area contributed by atoms with Crippen LogP contribution in [0.1, 0.15) is 182 Å². The molecule has 2 aromatic heterocycles. The number of para-hydroxylation sites is 1. The fraction of sp³-hybridized carbons (Fsp3) is 0.250. The van der Waals surface area contributed by atoms with Crippen LogP contribution in [-0.4, -0.2) is 15.8 Å². The zero-order valence-corrected chi connectivity index (χ0v) is 71.4. The third kappa shape index (κ3) is 12.3. The molecule has 0 spiro atoms. The highest BCUT2D eigenvalue weighted by atomic mass is 15.2. The molecular formula is C112H107BN4. The summed E-state index contributed by atoms with van der Waals surface area (Å²) in [4.78, 5) is 5.31. The standard InChI is InChI=1S/C112H107BN4/c1-106(2,3)80-41-53-100-90(66-80)87-30-24-25-31-97(87)116(100)85-46-49-95-102(67-85)115(84-44-34-73(35-45-84)77-37-48-92-94(63-77)112(16,17)57-55-110(92,12)13)104-69-86(117-98-50-38-74(70-26-20-18-21-27-70)60-88(98)89-61-75(39-51-99(89)117)71-28-22-19-23-29-71)68-103-105(104)113(95)96-64-78(79-58-81(107(4,5)6)65-82(59-79)108(7,8)9)40-52-101(96)114(103)83-42-32-72(33-43-83)76-36-47-91-93(62-76)111(14,15)56-54-109(91,10)11/h18-53,58-69H,54-57H2,1-17H3. The molecule has 0 saturated carbocycles. The molecule has 5 heteroatoms. The van der Waals surface area contributed by atoms with E-state index in [4.69, 9.17) is 0 Å². The summed E-state index contributed by atoms with van der Waals surface area (Å²) in [5.41, 5.74) is 39.6. The van der Waals surface area contributed by atoms with Crippen molar-refractivity contribution < 1.29 is 0 Å². The van der Waals surface area contributed by atoms with Crippen LogP contribution in [0.5, 0.6) is 0 Å². The molecule has 20 rings (SSSR count). The summed E-state index contributed by atoms with van der Waals surface area (Å²) in [6, 6.07) is 114. The van der Waals surface area contributed by atoms with Crippen LogP contribution in [0.15, 0.2) is 291 Å². The van der Waals surface area contributed by atoms with Crippen molar-refractivity contribution in [3.63, 3.8) is 0 Å². The number of aromatic nitrogens is 2. The Morgan fingerprint density at radius 2 is 0.615 bits per heavy atom. The van der Waals surface area contributed by atoms with Crippen molar-refractivity contribution >= 4 is 101 Å². The maximum absolute atomic E-state index is 2.66. The third-order valence-electron chi connectivity index (χ3n) is 27.7. The summed E-state index contributed by atoms with van der Waals surface area (Å²) in [5.74, 6) is 0. The highest BCUT2D eigenvalue weighted by Gasteiger charge is 2.46. The van der Waals surface area contributed by atoms with Crippen LogP contribution in [0.2, 0.25) is 0 Å². The lowest BCUT2D eigenvalue weighted by molar-refractivity contribution is 0.332. The van der Waals surface area contributed by atoms with Gasteiger partial charge in [0, 0.05) is 61.4 Å². The maximum atomic E-state index is 2.66. The van der Waals surface area contributed by atoms with E-state index in [1.807, 2.05) is 0 Å². The number of nitrogens with zero attached hydrogens (tertiary/aromatic N) is 4. The quantitative estimate of drug-likeness (QED) is 0.134. The number of fused-ring (bicyclic) bond motifs is 12. The van der Waals surface area contributed by atoms with Gasteiger partial charge >= 0.3 is 0 Å². The van der Waals surface area contributed by atoms with Gasteiger partial charge < -0.3 is 18.9 Å². The highest BCUT2D eigenvalue weighted by molar-refractivity contribution is 7.00. The van der Waals surface area contributed by atoms with Crippen LogP contribution < -0.4 is 26.2 Å². The van der Waals surface area contributed by atoms with Gasteiger partial charge in [0.1, 0.15) is 0 Å². The summed E-state index contributed by atoms with van der Waals surface area (Å²) in [5, 5.41) is 4.92. The Hall–Kier alpha value is -11.7. The van der Waals surface area contributed by atoms with Gasteiger partial charge in [0.15, 0.2) is 0 Å². The van der Waals surface area contributed by atoms with E-state index in [2.05, 4.69) is 428 Å². The van der Waals surface area contributed by atoms with Crippen molar-refractivity contribution in [2.24, 2.45) is 0 Å². The van der Waals surface area contributed by atoms with E-state index in [1.165, 1.54) is 156 Å². The summed E-state index contributed by atoms with van der Waals surface area (Å²) >= 11 is 0. The molecule has 0 unspecified atom stereocenters. The minimum Gasteiger partial charge on any atom is -0.311 e. The van der Waals surface area contributed by atoms with E-state index in [-0.39, 0.29) is 44.6 Å². The smallest absolute Gasteiger partial charge is 0.252 e. The normalized spacial score (nSPS) is 15.8. The van der Waals surface area contributed by atoms with E-state index in [9.17, 15) is 0 Å². The van der Waals surface area contributed by atoms with Gasteiger partial charge in [0.25, 0.3) is 6.71 Å². The first-order valence-corrected chi connectivity index (χ1v) is 42.8. The van der Waals surface area contributed by atoms with Gasteiger partial charge in [-0.05, 0) is 272 Å². The van der Waals surface area contributed by atoms with Crippen LogP contribution in [0.25, 0.3) is 111 Å². The zero-order chi connectivity index (χ0) is 80.9. The Balaban J connectivity index is 0.890. The average molecular weight is 1520 g/mol. The van der Waals surface area contributed by atoms with Gasteiger partial charge in [-0.25, -0.2) is 0 Å². The summed E-state index contributed by atoms with van der Waals surface area (Å²) in [6.45, 7) is 40.5. The van der Waals surface area contributed by atoms with E-state index in [0.29, 0.717) is 0 Å². The molecular weight excluding hydrogens is 1410 g/mol. The molecule has 0 radical (unpaired) electrons. The minimum absolute atomic E-state index is 0.0378. The van der Waals surface area contributed by atoms with Crippen LogP contribution >= 0.6 is 0 Å². The first-order chi connectivity index (χ1) is 55.8. The predicted octanol–water partition coefficient (Wildman–Crippen LogP) is 28.9. The molecule has 16 aromatic rings. The molecule has 4 aliphatic rings. The van der Waals surface area contributed by atoms with Gasteiger partial charge in [-0.1, -0.05) is 312 Å². The summed E-state index contributed by atoms with van der Waals surface area (Å²) < 4.78 is 5.13. The number of hydrogen-bond acceptors (Lipinski definition) is 2. The van der Waals surface area contributed by atoms with Gasteiger partial charge in [-0.2, -0.15) is 0 Å².